The van der Waals surface area contributed by atoms with E-state index in [1.807, 2.05) is 11.8 Å². The maximum Gasteiger partial charge on any atom is 0.240 e. The summed E-state index contributed by atoms with van der Waals surface area (Å²) in [6, 6.07) is 8.55. The predicted molar refractivity (Wildman–Crippen MR) is 141 cm³/mol. The first-order valence-corrected chi connectivity index (χ1v) is 14.6. The Bertz CT molecular complexity index is 854. The van der Waals surface area contributed by atoms with E-state index in [2.05, 4.69) is 29.6 Å². The second-order valence-corrected chi connectivity index (χ2v) is 11.9. The number of imide groups is 1. The Hall–Kier alpha value is -1.96. The van der Waals surface area contributed by atoms with Crippen LogP contribution in [-0.2, 0) is 19.4 Å². The summed E-state index contributed by atoms with van der Waals surface area (Å²) in [5, 5.41) is 2.19. The highest BCUT2D eigenvalue weighted by molar-refractivity contribution is 5.87. The summed E-state index contributed by atoms with van der Waals surface area (Å²) in [5.41, 5.74) is 1.38. The SMILES string of the molecule is CCN(CCCOc1ccc(C2CCC(OOC3C4CC5CC(C4)CC3C5)CC2)cc1)CC(=O)NC=O. The lowest BCUT2D eigenvalue weighted by Gasteiger charge is -2.53. The van der Waals surface area contributed by atoms with Gasteiger partial charge < -0.3 is 4.74 Å². The zero-order chi connectivity index (χ0) is 25.6. The van der Waals surface area contributed by atoms with Crippen molar-refractivity contribution in [2.45, 2.75) is 89.3 Å². The zero-order valence-corrected chi connectivity index (χ0v) is 22.3. The molecule has 1 aromatic rings. The summed E-state index contributed by atoms with van der Waals surface area (Å²) in [6.45, 7) is 4.33. The molecule has 0 saturated heterocycles. The molecule has 0 aliphatic heterocycles. The van der Waals surface area contributed by atoms with Crippen molar-refractivity contribution in [3.63, 3.8) is 0 Å². The number of ether oxygens (including phenoxy) is 1. The molecule has 5 saturated carbocycles. The van der Waals surface area contributed by atoms with Gasteiger partial charge in [0.1, 0.15) is 5.75 Å². The van der Waals surface area contributed by atoms with Crippen LogP contribution in [0, 0.1) is 23.7 Å². The topological polar surface area (TPSA) is 77.1 Å². The second-order valence-electron chi connectivity index (χ2n) is 11.9. The van der Waals surface area contributed by atoms with Crippen LogP contribution >= 0.6 is 0 Å². The van der Waals surface area contributed by atoms with Gasteiger partial charge in [-0.05, 0) is 118 Å². The quantitative estimate of drug-likeness (QED) is 0.176. The minimum Gasteiger partial charge on any atom is -0.494 e. The zero-order valence-electron chi connectivity index (χ0n) is 22.3. The highest BCUT2D eigenvalue weighted by atomic mass is 17.2. The maximum atomic E-state index is 11.6. The van der Waals surface area contributed by atoms with E-state index in [0.717, 1.165) is 74.6 Å². The molecule has 7 nitrogen and oxygen atoms in total. The number of nitrogens with one attached hydrogen (secondary N) is 1. The number of rotatable bonds is 13. The second kappa shape index (κ2) is 12.7. The molecule has 0 radical (unpaired) electrons. The predicted octanol–water partition coefficient (Wildman–Crippen LogP) is 4.85. The van der Waals surface area contributed by atoms with E-state index < -0.39 is 0 Å². The number of hydrogen-bond donors (Lipinski definition) is 1. The van der Waals surface area contributed by atoms with Crippen LogP contribution < -0.4 is 10.1 Å². The summed E-state index contributed by atoms with van der Waals surface area (Å²) in [6.07, 6.45) is 13.2. The first-order valence-electron chi connectivity index (χ1n) is 14.6. The molecule has 0 aromatic heterocycles. The van der Waals surface area contributed by atoms with E-state index in [-0.39, 0.29) is 18.6 Å². The van der Waals surface area contributed by atoms with Gasteiger partial charge in [-0.2, -0.15) is 0 Å². The van der Waals surface area contributed by atoms with E-state index in [9.17, 15) is 9.59 Å². The van der Waals surface area contributed by atoms with Gasteiger partial charge in [0.2, 0.25) is 12.3 Å². The van der Waals surface area contributed by atoms with Gasteiger partial charge in [0.15, 0.2) is 0 Å². The van der Waals surface area contributed by atoms with Gasteiger partial charge in [-0.25, -0.2) is 9.78 Å². The molecule has 6 rings (SSSR count). The van der Waals surface area contributed by atoms with Crippen LogP contribution in [0.15, 0.2) is 24.3 Å². The molecular formula is C30H44N2O5. The molecule has 0 unspecified atom stereocenters. The van der Waals surface area contributed by atoms with Crippen molar-refractivity contribution in [1.82, 2.24) is 10.2 Å². The van der Waals surface area contributed by atoms with Gasteiger partial charge in [0.25, 0.3) is 0 Å². The van der Waals surface area contributed by atoms with E-state index in [0.29, 0.717) is 25.0 Å². The lowest BCUT2D eigenvalue weighted by molar-refractivity contribution is -0.383. The summed E-state index contributed by atoms with van der Waals surface area (Å²) in [7, 11) is 0. The Labute approximate surface area is 221 Å². The molecule has 0 atom stereocenters. The Balaban J connectivity index is 0.983. The summed E-state index contributed by atoms with van der Waals surface area (Å²) >= 11 is 0. The van der Waals surface area contributed by atoms with Crippen LogP contribution in [0.4, 0.5) is 0 Å². The summed E-state index contributed by atoms with van der Waals surface area (Å²) in [4.78, 5) is 36.2. The highest BCUT2D eigenvalue weighted by Crippen LogP contribution is 2.54. The van der Waals surface area contributed by atoms with E-state index >= 15 is 0 Å². The van der Waals surface area contributed by atoms with Gasteiger partial charge in [0, 0.05) is 6.54 Å². The van der Waals surface area contributed by atoms with Crippen molar-refractivity contribution in [1.29, 1.82) is 0 Å². The molecule has 0 spiro atoms. The number of carbonyl (C=O) groups excluding carboxylic acids is 2. The number of likely N-dealkylation sites (N-methyl/N-ethyl adjacent to an activating group) is 1. The minimum atomic E-state index is -0.274. The smallest absolute Gasteiger partial charge is 0.240 e. The third-order valence-electron chi connectivity index (χ3n) is 9.39. The van der Waals surface area contributed by atoms with Crippen molar-refractivity contribution in [3.05, 3.63) is 29.8 Å². The number of hydrogen-bond acceptors (Lipinski definition) is 6. The van der Waals surface area contributed by atoms with Gasteiger partial charge in [0.05, 0.1) is 25.4 Å². The van der Waals surface area contributed by atoms with E-state index in [4.69, 9.17) is 14.5 Å². The Morgan fingerprint density at radius 3 is 2.27 bits per heavy atom. The van der Waals surface area contributed by atoms with Gasteiger partial charge in [-0.15, -0.1) is 0 Å². The number of benzene rings is 1. The van der Waals surface area contributed by atoms with Crippen LogP contribution in [-0.4, -0.2) is 55.7 Å². The fraction of sp³-hybridized carbons (Fsp3) is 0.733. The Kier molecular flexibility index (Phi) is 9.16. The Morgan fingerprint density at radius 2 is 1.65 bits per heavy atom. The largest absolute Gasteiger partial charge is 0.494 e. The average molecular weight is 513 g/mol. The third kappa shape index (κ3) is 6.92. The fourth-order valence-corrected chi connectivity index (χ4v) is 7.65. The van der Waals surface area contributed by atoms with Crippen molar-refractivity contribution in [2.75, 3.05) is 26.2 Å². The summed E-state index contributed by atoms with van der Waals surface area (Å²) < 4.78 is 5.92. The summed E-state index contributed by atoms with van der Waals surface area (Å²) in [5.74, 6) is 4.61. The molecule has 2 amide bonds. The van der Waals surface area contributed by atoms with E-state index in [1.54, 1.807) is 0 Å². The third-order valence-corrected chi connectivity index (χ3v) is 9.39. The molecule has 7 heteroatoms. The number of carbonyl (C=O) groups is 2. The number of amides is 2. The first-order chi connectivity index (χ1) is 18.1. The normalized spacial score (nSPS) is 32.4. The molecule has 5 fully saturated rings. The lowest BCUT2D eigenvalue weighted by Crippen LogP contribution is -2.49. The van der Waals surface area contributed by atoms with Crippen LogP contribution in [0.5, 0.6) is 5.75 Å². The molecule has 5 aliphatic rings. The first kappa shape index (κ1) is 26.6. The van der Waals surface area contributed by atoms with Crippen molar-refractivity contribution >= 4 is 12.3 Å². The standard InChI is InChI=1S/C30H44N2O5/c1-2-32(19-29(34)31-20-33)12-3-13-35-27-8-4-23(5-9-27)24-6-10-28(11-7-24)36-37-30-25-15-21-14-22(17-25)18-26(30)16-21/h4-5,8-9,20-22,24-26,28,30H,2-3,6-7,10-19H2,1H3,(H,31,33,34). The van der Waals surface area contributed by atoms with Crippen LogP contribution in [0.3, 0.4) is 0 Å². The van der Waals surface area contributed by atoms with Gasteiger partial charge >= 0.3 is 0 Å². The van der Waals surface area contributed by atoms with Crippen LogP contribution in [0.2, 0.25) is 0 Å². The molecule has 0 heterocycles. The van der Waals surface area contributed by atoms with Crippen molar-refractivity contribution in [3.8, 4) is 5.75 Å². The lowest BCUT2D eigenvalue weighted by atomic mass is 9.55. The molecular weight excluding hydrogens is 468 g/mol. The van der Waals surface area contributed by atoms with Gasteiger partial charge in [-0.3, -0.25) is 19.8 Å². The molecule has 4 bridgehead atoms. The van der Waals surface area contributed by atoms with Crippen molar-refractivity contribution in [2.24, 2.45) is 23.7 Å². The van der Waals surface area contributed by atoms with E-state index in [1.165, 1.54) is 37.7 Å². The maximum absolute atomic E-state index is 11.6. The fourth-order valence-electron chi connectivity index (χ4n) is 7.65. The molecule has 204 valence electrons. The molecule has 37 heavy (non-hydrogen) atoms. The molecule has 1 N–H and O–H groups in total. The molecule has 5 aliphatic carbocycles. The van der Waals surface area contributed by atoms with Gasteiger partial charge in [-0.1, -0.05) is 19.1 Å². The minimum absolute atomic E-state index is 0.228. The van der Waals surface area contributed by atoms with Crippen LogP contribution in [0.1, 0.15) is 82.6 Å². The molecule has 1 aromatic carbocycles. The monoisotopic (exact) mass is 512 g/mol. The average Bonchev–Trinajstić information content (AvgIpc) is 2.90. The van der Waals surface area contributed by atoms with Crippen molar-refractivity contribution < 1.29 is 24.1 Å². The van der Waals surface area contributed by atoms with Crippen LogP contribution in [0.25, 0.3) is 0 Å². The highest BCUT2D eigenvalue weighted by Gasteiger charge is 2.49. The number of nitrogens with zero attached hydrogens (tertiary/aromatic N) is 1. The Morgan fingerprint density at radius 1 is 0.973 bits per heavy atom.